The molecule has 1 fully saturated rings. The molecule has 0 saturated carbocycles. The highest BCUT2D eigenvalue weighted by atomic mass is 79.9. The summed E-state index contributed by atoms with van der Waals surface area (Å²) < 4.78 is 32.5. The first-order valence-electron chi connectivity index (χ1n) is 10.1. The Labute approximate surface area is 193 Å². The zero-order chi connectivity index (χ0) is 23.6. The molecule has 0 bridgehead atoms. The maximum atomic E-state index is 13.7. The molecule has 1 aliphatic rings. The lowest BCUT2D eigenvalue weighted by Gasteiger charge is -2.40. The van der Waals surface area contributed by atoms with E-state index < -0.39 is 23.1 Å². The van der Waals surface area contributed by atoms with E-state index in [1.165, 1.54) is 6.20 Å². The maximum absolute atomic E-state index is 13.7. The van der Waals surface area contributed by atoms with Gasteiger partial charge in [-0.1, -0.05) is 0 Å². The summed E-state index contributed by atoms with van der Waals surface area (Å²) in [6.45, 7) is 9.01. The predicted molar refractivity (Wildman–Crippen MR) is 121 cm³/mol. The molecule has 172 valence electrons. The van der Waals surface area contributed by atoms with Gasteiger partial charge >= 0.3 is 6.09 Å². The molecular formula is C22H25BrF2N4O3. The summed E-state index contributed by atoms with van der Waals surface area (Å²) in [5.74, 6) is -1.49. The first-order valence-corrected chi connectivity index (χ1v) is 10.9. The van der Waals surface area contributed by atoms with Gasteiger partial charge in [0.2, 0.25) is 0 Å². The molecule has 3 rings (SSSR count). The van der Waals surface area contributed by atoms with Crippen LogP contribution in [-0.2, 0) is 4.74 Å². The zero-order valence-corrected chi connectivity index (χ0v) is 19.9. The molecule has 0 unspecified atom stereocenters. The van der Waals surface area contributed by atoms with Gasteiger partial charge in [-0.05, 0) is 67.9 Å². The minimum Gasteiger partial charge on any atom is -0.444 e. The number of nitrogens with zero attached hydrogens (tertiary/aromatic N) is 3. The minimum atomic E-state index is -0.812. The second-order valence-corrected chi connectivity index (χ2v) is 9.37. The van der Waals surface area contributed by atoms with Gasteiger partial charge in [0.25, 0.3) is 5.91 Å². The molecule has 2 heterocycles. The minimum absolute atomic E-state index is 0.00263. The van der Waals surface area contributed by atoms with Crippen molar-refractivity contribution in [2.45, 2.75) is 39.3 Å². The van der Waals surface area contributed by atoms with Crippen molar-refractivity contribution in [3.8, 4) is 0 Å². The Kier molecular flexibility index (Phi) is 7.02. The Hall–Kier alpha value is -2.75. The Morgan fingerprint density at radius 2 is 1.84 bits per heavy atom. The zero-order valence-electron chi connectivity index (χ0n) is 18.3. The summed E-state index contributed by atoms with van der Waals surface area (Å²) in [4.78, 5) is 32.8. The molecule has 1 N–H and O–H groups in total. The van der Waals surface area contributed by atoms with Crippen molar-refractivity contribution in [3.05, 3.63) is 52.1 Å². The molecule has 1 saturated heterocycles. The van der Waals surface area contributed by atoms with Crippen LogP contribution in [0, 0.1) is 11.6 Å². The Morgan fingerprint density at radius 1 is 1.19 bits per heavy atom. The third-order valence-corrected chi connectivity index (χ3v) is 5.58. The van der Waals surface area contributed by atoms with E-state index in [1.54, 1.807) is 17.0 Å². The topological polar surface area (TPSA) is 74.8 Å². The standard InChI is InChI=1S/C22H25BrF2N4O3/c1-13-12-28(21(31)32-22(2,3)4)7-8-29(13)18-6-5-14(11-26-18)20(30)27-15-9-16(24)19(23)17(25)10-15/h5-6,9-11,13H,7-8,12H2,1-4H3,(H,27,30)/t13-/m1/s1. The van der Waals surface area contributed by atoms with Crippen LogP contribution in [0.25, 0.3) is 0 Å². The quantitative estimate of drug-likeness (QED) is 0.599. The van der Waals surface area contributed by atoms with Crippen molar-refractivity contribution in [2.24, 2.45) is 0 Å². The highest BCUT2D eigenvalue weighted by molar-refractivity contribution is 9.10. The summed E-state index contributed by atoms with van der Waals surface area (Å²) in [6.07, 6.45) is 1.06. The van der Waals surface area contributed by atoms with Gasteiger partial charge in [-0.15, -0.1) is 0 Å². The number of hydrogen-bond donors (Lipinski definition) is 1. The number of hydrogen-bond acceptors (Lipinski definition) is 5. The lowest BCUT2D eigenvalue weighted by molar-refractivity contribution is 0.0218. The second-order valence-electron chi connectivity index (χ2n) is 8.58. The van der Waals surface area contributed by atoms with E-state index in [0.29, 0.717) is 25.5 Å². The summed E-state index contributed by atoms with van der Waals surface area (Å²) in [7, 11) is 0. The molecule has 1 aliphatic heterocycles. The van der Waals surface area contributed by atoms with Gasteiger partial charge in [0.15, 0.2) is 0 Å². The fourth-order valence-electron chi connectivity index (χ4n) is 3.31. The molecule has 0 aliphatic carbocycles. The number of pyridine rings is 1. The lowest BCUT2D eigenvalue weighted by Crippen LogP contribution is -2.54. The normalized spacial score (nSPS) is 16.7. The number of ether oxygens (including phenoxy) is 1. The van der Waals surface area contributed by atoms with E-state index in [2.05, 4.69) is 26.2 Å². The summed E-state index contributed by atoms with van der Waals surface area (Å²) in [5, 5.41) is 2.46. The van der Waals surface area contributed by atoms with Gasteiger partial charge in [0, 0.05) is 37.6 Å². The monoisotopic (exact) mass is 510 g/mol. The molecule has 32 heavy (non-hydrogen) atoms. The molecule has 1 aromatic carbocycles. The largest absolute Gasteiger partial charge is 0.444 e. The Morgan fingerprint density at radius 3 is 2.38 bits per heavy atom. The summed E-state index contributed by atoms with van der Waals surface area (Å²) in [6, 6.07) is 5.35. The molecule has 2 amide bonds. The van der Waals surface area contributed by atoms with Crippen molar-refractivity contribution in [1.82, 2.24) is 9.88 Å². The first kappa shape index (κ1) is 23.9. The number of carbonyl (C=O) groups excluding carboxylic acids is 2. The first-order chi connectivity index (χ1) is 14.9. The van der Waals surface area contributed by atoms with Gasteiger partial charge < -0.3 is 19.9 Å². The summed E-state index contributed by atoms with van der Waals surface area (Å²) >= 11 is 2.79. The van der Waals surface area contributed by atoms with Gasteiger partial charge in [-0.2, -0.15) is 0 Å². The highest BCUT2D eigenvalue weighted by Crippen LogP contribution is 2.24. The number of nitrogens with one attached hydrogen (secondary N) is 1. The van der Waals surface area contributed by atoms with Crippen LogP contribution in [0.2, 0.25) is 0 Å². The predicted octanol–water partition coefficient (Wildman–Crippen LogP) is 4.82. The average Bonchev–Trinajstić information content (AvgIpc) is 2.70. The molecule has 0 spiro atoms. The lowest BCUT2D eigenvalue weighted by atomic mass is 10.1. The van der Waals surface area contributed by atoms with Crippen LogP contribution in [0.3, 0.4) is 0 Å². The second kappa shape index (κ2) is 9.40. The average molecular weight is 511 g/mol. The van der Waals surface area contributed by atoms with Crippen molar-refractivity contribution < 1.29 is 23.1 Å². The molecule has 1 aromatic heterocycles. The van der Waals surface area contributed by atoms with Crippen LogP contribution in [0.15, 0.2) is 34.9 Å². The molecule has 0 radical (unpaired) electrons. The van der Waals surface area contributed by atoms with Gasteiger partial charge in [0.1, 0.15) is 23.1 Å². The SMILES string of the molecule is C[C@@H]1CN(C(=O)OC(C)(C)C)CCN1c1ccc(C(=O)Nc2cc(F)c(Br)c(F)c2)cn1. The molecule has 7 nitrogen and oxygen atoms in total. The number of halogens is 3. The van der Waals surface area contributed by atoms with E-state index in [0.717, 1.165) is 12.1 Å². The maximum Gasteiger partial charge on any atom is 0.410 e. The van der Waals surface area contributed by atoms with Crippen LogP contribution >= 0.6 is 15.9 Å². The molecule has 1 atom stereocenters. The Bertz CT molecular complexity index is 988. The molecule has 10 heteroatoms. The smallest absolute Gasteiger partial charge is 0.410 e. The van der Waals surface area contributed by atoms with E-state index in [-0.39, 0.29) is 27.9 Å². The number of piperazine rings is 1. The van der Waals surface area contributed by atoms with Crippen molar-refractivity contribution in [3.63, 3.8) is 0 Å². The number of carbonyl (C=O) groups is 2. The number of benzene rings is 1. The third kappa shape index (κ3) is 5.73. The van der Waals surface area contributed by atoms with Gasteiger partial charge in [-0.3, -0.25) is 4.79 Å². The van der Waals surface area contributed by atoms with Crippen molar-refractivity contribution in [1.29, 1.82) is 0 Å². The fraction of sp³-hybridized carbons (Fsp3) is 0.409. The third-order valence-electron chi connectivity index (χ3n) is 4.83. The van der Waals surface area contributed by atoms with Crippen LogP contribution in [-0.4, -0.2) is 53.2 Å². The van der Waals surface area contributed by atoms with Gasteiger partial charge in [-0.25, -0.2) is 18.6 Å². The number of amides is 2. The molecule has 2 aromatic rings. The number of anilines is 2. The van der Waals surface area contributed by atoms with Crippen LogP contribution in [0.4, 0.5) is 25.1 Å². The van der Waals surface area contributed by atoms with E-state index in [9.17, 15) is 18.4 Å². The van der Waals surface area contributed by atoms with E-state index >= 15 is 0 Å². The molecular weight excluding hydrogens is 486 g/mol. The van der Waals surface area contributed by atoms with Crippen LogP contribution < -0.4 is 10.2 Å². The Balaban J connectivity index is 1.63. The number of rotatable bonds is 3. The van der Waals surface area contributed by atoms with E-state index in [1.807, 2.05) is 32.6 Å². The van der Waals surface area contributed by atoms with Crippen LogP contribution in [0.5, 0.6) is 0 Å². The summed E-state index contributed by atoms with van der Waals surface area (Å²) in [5.41, 5.74) is -0.301. The number of aromatic nitrogens is 1. The van der Waals surface area contributed by atoms with Gasteiger partial charge in [0.05, 0.1) is 10.0 Å². The van der Waals surface area contributed by atoms with Crippen molar-refractivity contribution >= 4 is 39.4 Å². The van der Waals surface area contributed by atoms with Crippen LogP contribution in [0.1, 0.15) is 38.1 Å². The highest BCUT2D eigenvalue weighted by Gasteiger charge is 2.30. The van der Waals surface area contributed by atoms with Crippen molar-refractivity contribution in [2.75, 3.05) is 29.9 Å². The van der Waals surface area contributed by atoms with E-state index in [4.69, 9.17) is 4.74 Å². The fourth-order valence-corrected chi connectivity index (χ4v) is 3.54.